The highest BCUT2D eigenvalue weighted by Crippen LogP contribution is 2.15. The number of aryl methyl sites for hydroxylation is 1. The van der Waals surface area contributed by atoms with Crippen LogP contribution in [0.3, 0.4) is 0 Å². The molecule has 1 unspecified atom stereocenters. The molecule has 2 rings (SSSR count). The monoisotopic (exact) mass is 289 g/mol. The zero-order valence-corrected chi connectivity index (χ0v) is 12.3. The van der Waals surface area contributed by atoms with Crippen LogP contribution in [0.25, 0.3) is 0 Å². The number of aromatic nitrogens is 2. The van der Waals surface area contributed by atoms with Crippen LogP contribution in [-0.4, -0.2) is 23.2 Å². The van der Waals surface area contributed by atoms with Crippen molar-refractivity contribution in [3.63, 3.8) is 0 Å². The second-order valence-corrected chi connectivity index (χ2v) is 4.68. The zero-order chi connectivity index (χ0) is 15.2. The van der Waals surface area contributed by atoms with Gasteiger partial charge in [0.2, 0.25) is 5.89 Å². The minimum atomic E-state index is -0.319. The molecule has 3 N–H and O–H groups in total. The van der Waals surface area contributed by atoms with Crippen molar-refractivity contribution in [1.82, 2.24) is 20.8 Å². The van der Waals surface area contributed by atoms with Crippen LogP contribution in [0.5, 0.6) is 0 Å². The summed E-state index contributed by atoms with van der Waals surface area (Å²) in [6.45, 7) is 3.99. The lowest BCUT2D eigenvalue weighted by molar-refractivity contribution is 0.249. The van der Waals surface area contributed by atoms with E-state index in [9.17, 15) is 4.79 Å². The van der Waals surface area contributed by atoms with Crippen LogP contribution in [0, 0.1) is 6.92 Å². The number of nitrogens with zero attached hydrogens (tertiary/aromatic N) is 2. The maximum atomic E-state index is 11.7. The largest absolute Gasteiger partial charge is 0.337 e. The minimum absolute atomic E-state index is 0.196. The summed E-state index contributed by atoms with van der Waals surface area (Å²) in [5, 5.41) is 12.2. The number of urea groups is 1. The molecule has 21 heavy (non-hydrogen) atoms. The average molecular weight is 289 g/mol. The Hall–Kier alpha value is -2.41. The SMILES string of the molecule is CNC(C)c1ccc(NC(=O)NCc2nc(C)no2)cc1. The van der Waals surface area contributed by atoms with Crippen molar-refractivity contribution in [1.29, 1.82) is 0 Å². The molecule has 2 aromatic rings. The molecule has 0 spiro atoms. The predicted molar refractivity (Wildman–Crippen MR) is 78.8 cm³/mol. The van der Waals surface area contributed by atoms with Gasteiger partial charge in [-0.2, -0.15) is 4.98 Å². The van der Waals surface area contributed by atoms with Crippen molar-refractivity contribution in [2.45, 2.75) is 26.4 Å². The highest BCUT2D eigenvalue weighted by molar-refractivity contribution is 5.89. The van der Waals surface area contributed by atoms with Gasteiger partial charge >= 0.3 is 6.03 Å². The normalized spacial score (nSPS) is 12.0. The Kier molecular flexibility index (Phi) is 4.89. The van der Waals surface area contributed by atoms with Crippen LogP contribution >= 0.6 is 0 Å². The summed E-state index contributed by atoms with van der Waals surface area (Å²) in [5.41, 5.74) is 1.88. The maximum Gasteiger partial charge on any atom is 0.319 e. The van der Waals surface area contributed by atoms with Crippen LogP contribution in [0.4, 0.5) is 10.5 Å². The van der Waals surface area contributed by atoms with Gasteiger partial charge in [-0.05, 0) is 38.6 Å². The molecular formula is C14H19N5O2. The molecule has 0 bridgehead atoms. The molecule has 0 fully saturated rings. The molecule has 0 aliphatic heterocycles. The third kappa shape index (κ3) is 4.28. The molecule has 2 amide bonds. The number of carbonyl (C=O) groups excluding carboxylic acids is 1. The van der Waals surface area contributed by atoms with Crippen molar-refractivity contribution >= 4 is 11.7 Å². The lowest BCUT2D eigenvalue weighted by atomic mass is 10.1. The van der Waals surface area contributed by atoms with Crippen LogP contribution in [0.1, 0.15) is 30.2 Å². The summed E-state index contributed by atoms with van der Waals surface area (Å²) < 4.78 is 4.91. The molecule has 0 radical (unpaired) electrons. The summed E-state index contributed by atoms with van der Waals surface area (Å²) in [7, 11) is 1.91. The van der Waals surface area contributed by atoms with E-state index < -0.39 is 0 Å². The van der Waals surface area contributed by atoms with Crippen LogP contribution in [0.2, 0.25) is 0 Å². The van der Waals surface area contributed by atoms with Crippen LogP contribution < -0.4 is 16.0 Å². The molecule has 0 saturated heterocycles. The third-order valence-corrected chi connectivity index (χ3v) is 3.07. The van der Waals surface area contributed by atoms with Crippen molar-refractivity contribution < 1.29 is 9.32 Å². The van der Waals surface area contributed by atoms with Gasteiger partial charge in [0, 0.05) is 11.7 Å². The standard InChI is InChI=1S/C14H19N5O2/c1-9(15-3)11-4-6-12(7-5-11)18-14(20)16-8-13-17-10(2)19-21-13/h4-7,9,15H,8H2,1-3H3,(H2,16,18,20). The Morgan fingerprint density at radius 2 is 2.05 bits per heavy atom. The van der Waals surface area contributed by atoms with Crippen molar-refractivity contribution in [2.75, 3.05) is 12.4 Å². The summed E-state index contributed by atoms with van der Waals surface area (Å²) in [4.78, 5) is 15.7. The van der Waals surface area contributed by atoms with Gasteiger partial charge in [0.15, 0.2) is 5.82 Å². The summed E-state index contributed by atoms with van der Waals surface area (Å²) >= 11 is 0. The Morgan fingerprint density at radius 1 is 1.33 bits per heavy atom. The van der Waals surface area contributed by atoms with Gasteiger partial charge in [-0.25, -0.2) is 4.79 Å². The second-order valence-electron chi connectivity index (χ2n) is 4.68. The summed E-state index contributed by atoms with van der Waals surface area (Å²) in [6.07, 6.45) is 0. The first-order chi connectivity index (χ1) is 10.1. The summed E-state index contributed by atoms with van der Waals surface area (Å²) in [5.74, 6) is 0.919. The zero-order valence-electron chi connectivity index (χ0n) is 12.3. The highest BCUT2D eigenvalue weighted by Gasteiger charge is 2.07. The first-order valence-corrected chi connectivity index (χ1v) is 6.69. The van der Waals surface area contributed by atoms with E-state index in [0.29, 0.717) is 11.7 Å². The van der Waals surface area contributed by atoms with Crippen LogP contribution in [-0.2, 0) is 6.54 Å². The topological polar surface area (TPSA) is 92.1 Å². The smallest absolute Gasteiger partial charge is 0.319 e. The predicted octanol–water partition coefficient (Wildman–Crippen LogP) is 1.98. The Bertz CT molecular complexity index is 594. The van der Waals surface area contributed by atoms with Crippen molar-refractivity contribution in [2.24, 2.45) is 0 Å². The fourth-order valence-corrected chi connectivity index (χ4v) is 1.76. The molecule has 0 aliphatic rings. The number of rotatable bonds is 5. The summed E-state index contributed by atoms with van der Waals surface area (Å²) in [6, 6.07) is 7.61. The number of hydrogen-bond donors (Lipinski definition) is 3. The van der Waals surface area contributed by atoms with Gasteiger partial charge < -0.3 is 20.5 Å². The maximum absolute atomic E-state index is 11.7. The molecule has 0 aliphatic carbocycles. The first kappa shape index (κ1) is 15.0. The number of benzene rings is 1. The molecule has 1 aromatic heterocycles. The van der Waals surface area contributed by atoms with Crippen molar-refractivity contribution in [3.05, 3.63) is 41.5 Å². The lowest BCUT2D eigenvalue weighted by Crippen LogP contribution is -2.28. The van der Waals surface area contributed by atoms with E-state index >= 15 is 0 Å². The Labute approximate surface area is 123 Å². The van der Waals surface area contributed by atoms with Gasteiger partial charge in [-0.15, -0.1) is 0 Å². The van der Waals surface area contributed by atoms with E-state index in [-0.39, 0.29) is 18.6 Å². The number of nitrogens with one attached hydrogen (secondary N) is 3. The highest BCUT2D eigenvalue weighted by atomic mass is 16.5. The fourth-order valence-electron chi connectivity index (χ4n) is 1.76. The van der Waals surface area contributed by atoms with Gasteiger partial charge in [0.1, 0.15) is 0 Å². The molecule has 1 aromatic carbocycles. The fraction of sp³-hybridized carbons (Fsp3) is 0.357. The quantitative estimate of drug-likeness (QED) is 0.782. The number of amides is 2. The van der Waals surface area contributed by atoms with Crippen LogP contribution in [0.15, 0.2) is 28.8 Å². The van der Waals surface area contributed by atoms with Gasteiger partial charge in [-0.3, -0.25) is 0 Å². The molecule has 1 heterocycles. The molecule has 7 nitrogen and oxygen atoms in total. The lowest BCUT2D eigenvalue weighted by Gasteiger charge is -2.11. The molecular weight excluding hydrogens is 270 g/mol. The van der Waals surface area contributed by atoms with Crippen molar-refractivity contribution in [3.8, 4) is 0 Å². The third-order valence-electron chi connectivity index (χ3n) is 3.07. The molecule has 112 valence electrons. The first-order valence-electron chi connectivity index (χ1n) is 6.69. The second kappa shape index (κ2) is 6.85. The molecule has 7 heteroatoms. The Morgan fingerprint density at radius 3 is 2.62 bits per heavy atom. The number of hydrogen-bond acceptors (Lipinski definition) is 5. The average Bonchev–Trinajstić information content (AvgIpc) is 2.91. The van der Waals surface area contributed by atoms with E-state index in [1.54, 1.807) is 6.92 Å². The van der Waals surface area contributed by atoms with E-state index in [4.69, 9.17) is 4.52 Å². The van der Waals surface area contributed by atoms with E-state index in [0.717, 1.165) is 11.3 Å². The van der Waals surface area contributed by atoms with Gasteiger partial charge in [0.25, 0.3) is 0 Å². The molecule has 0 saturated carbocycles. The van der Waals surface area contributed by atoms with Gasteiger partial charge in [0.05, 0.1) is 6.54 Å². The number of anilines is 1. The minimum Gasteiger partial charge on any atom is -0.337 e. The van der Waals surface area contributed by atoms with E-state index in [1.807, 2.05) is 31.3 Å². The van der Waals surface area contributed by atoms with E-state index in [2.05, 4.69) is 33.0 Å². The number of carbonyl (C=O) groups is 1. The molecule has 1 atom stereocenters. The van der Waals surface area contributed by atoms with Gasteiger partial charge in [-0.1, -0.05) is 17.3 Å². The Balaban J connectivity index is 1.84. The van der Waals surface area contributed by atoms with E-state index in [1.165, 1.54) is 0 Å².